The first-order valence-electron chi connectivity index (χ1n) is 6.86. The minimum Gasteiger partial charge on any atom is -0.383 e. The van der Waals surface area contributed by atoms with Gasteiger partial charge < -0.3 is 10.5 Å². The third kappa shape index (κ3) is 2.16. The van der Waals surface area contributed by atoms with Gasteiger partial charge in [-0.15, -0.1) is 5.10 Å². The average molecular weight is 302 g/mol. The zero-order chi connectivity index (χ0) is 14.2. The molecule has 1 aliphatic rings. The molecule has 1 saturated heterocycles. The third-order valence-electron chi connectivity index (χ3n) is 3.67. The number of rotatable bonds is 2. The lowest BCUT2D eigenvalue weighted by Crippen LogP contribution is -2.19. The number of pyridine rings is 1. The lowest BCUT2D eigenvalue weighted by atomic mass is 10.2. The average Bonchev–Trinajstić information content (AvgIpc) is 3.18. The van der Waals surface area contributed by atoms with Gasteiger partial charge in [-0.25, -0.2) is 9.67 Å². The Bertz CT molecular complexity index is 762. The number of aromatic nitrogens is 5. The molecule has 1 fully saturated rings. The molecular formula is C13H14N6OS. The van der Waals surface area contributed by atoms with E-state index in [9.17, 15) is 0 Å². The predicted molar refractivity (Wildman–Crippen MR) is 79.7 cm³/mol. The van der Waals surface area contributed by atoms with Crippen molar-refractivity contribution in [2.75, 3.05) is 12.3 Å². The Hall–Kier alpha value is -2.06. The van der Waals surface area contributed by atoms with E-state index in [0.29, 0.717) is 5.82 Å². The summed E-state index contributed by atoms with van der Waals surface area (Å²) in [6.45, 7) is 0.776. The van der Waals surface area contributed by atoms with E-state index in [0.717, 1.165) is 47.3 Å². The molecule has 0 spiro atoms. The fourth-order valence-corrected chi connectivity index (χ4v) is 3.09. The van der Waals surface area contributed by atoms with Crippen LogP contribution in [0.2, 0.25) is 0 Å². The maximum atomic E-state index is 6.06. The number of nitrogens with zero attached hydrogens (tertiary/aromatic N) is 5. The first-order valence-corrected chi connectivity index (χ1v) is 7.63. The fraction of sp³-hybridized carbons (Fsp3) is 0.385. The maximum Gasteiger partial charge on any atom is 0.150 e. The van der Waals surface area contributed by atoms with Gasteiger partial charge in [-0.1, -0.05) is 4.49 Å². The van der Waals surface area contributed by atoms with Gasteiger partial charge in [0.2, 0.25) is 0 Å². The number of ether oxygens (including phenoxy) is 1. The minimum absolute atomic E-state index is 0.0227. The van der Waals surface area contributed by atoms with Gasteiger partial charge in [-0.2, -0.15) is 5.10 Å². The number of hydrogen-bond acceptors (Lipinski definition) is 7. The zero-order valence-corrected chi connectivity index (χ0v) is 12.1. The summed E-state index contributed by atoms with van der Waals surface area (Å²) in [6, 6.07) is 1.98. The second-order valence-electron chi connectivity index (χ2n) is 5.02. The lowest BCUT2D eigenvalue weighted by Gasteiger charge is -2.23. The molecule has 3 aromatic heterocycles. The Balaban J connectivity index is 1.85. The number of nitrogens with two attached hydrogens (primary N) is 1. The topological polar surface area (TPSA) is 91.7 Å². The van der Waals surface area contributed by atoms with Crippen LogP contribution >= 0.6 is 11.5 Å². The minimum atomic E-state index is -0.0227. The van der Waals surface area contributed by atoms with Crippen molar-refractivity contribution in [2.24, 2.45) is 0 Å². The quantitative estimate of drug-likeness (QED) is 0.780. The Kier molecular flexibility index (Phi) is 3.04. The molecular weight excluding hydrogens is 288 g/mol. The largest absolute Gasteiger partial charge is 0.383 e. The third-order valence-corrected chi connectivity index (χ3v) is 4.35. The van der Waals surface area contributed by atoms with Crippen molar-refractivity contribution < 1.29 is 4.74 Å². The second-order valence-corrected chi connectivity index (χ2v) is 5.80. The van der Waals surface area contributed by atoms with Gasteiger partial charge in [0.25, 0.3) is 0 Å². The number of fused-ring (bicyclic) bond motifs is 1. The first-order chi connectivity index (χ1) is 10.3. The van der Waals surface area contributed by atoms with Crippen molar-refractivity contribution in [1.82, 2.24) is 24.4 Å². The summed E-state index contributed by atoms with van der Waals surface area (Å²) in [4.78, 5) is 5.31. The molecule has 4 heterocycles. The second kappa shape index (κ2) is 5.05. The summed E-state index contributed by atoms with van der Waals surface area (Å²) >= 11 is 1.30. The van der Waals surface area contributed by atoms with Gasteiger partial charge in [-0.05, 0) is 36.9 Å². The van der Waals surface area contributed by atoms with Crippen molar-refractivity contribution in [1.29, 1.82) is 0 Å². The normalized spacial score (nSPS) is 19.1. The molecule has 0 radical (unpaired) electrons. The summed E-state index contributed by atoms with van der Waals surface area (Å²) in [5.74, 6) is 0.470. The Morgan fingerprint density at radius 2 is 2.29 bits per heavy atom. The van der Waals surface area contributed by atoms with Crippen molar-refractivity contribution in [3.8, 4) is 10.6 Å². The van der Waals surface area contributed by atoms with Crippen LogP contribution in [0.5, 0.6) is 0 Å². The molecule has 7 nitrogen and oxygen atoms in total. The molecule has 0 bridgehead atoms. The van der Waals surface area contributed by atoms with Gasteiger partial charge in [0.1, 0.15) is 5.82 Å². The highest BCUT2D eigenvalue weighted by atomic mass is 32.1. The van der Waals surface area contributed by atoms with Gasteiger partial charge in [0.05, 0.1) is 33.9 Å². The molecule has 0 saturated carbocycles. The van der Waals surface area contributed by atoms with Crippen LogP contribution in [0.4, 0.5) is 5.82 Å². The predicted octanol–water partition coefficient (Wildman–Crippen LogP) is 2.23. The Labute approximate surface area is 124 Å². The van der Waals surface area contributed by atoms with Crippen LogP contribution in [-0.4, -0.2) is 31.0 Å². The van der Waals surface area contributed by atoms with Crippen molar-refractivity contribution in [2.45, 2.75) is 25.5 Å². The molecule has 3 aromatic rings. The molecule has 4 rings (SSSR count). The van der Waals surface area contributed by atoms with Crippen molar-refractivity contribution in [3.63, 3.8) is 0 Å². The lowest BCUT2D eigenvalue weighted by molar-refractivity contribution is -0.0366. The van der Waals surface area contributed by atoms with E-state index >= 15 is 0 Å². The summed E-state index contributed by atoms with van der Waals surface area (Å²) < 4.78 is 11.6. The molecule has 1 unspecified atom stereocenters. The van der Waals surface area contributed by atoms with E-state index in [1.54, 1.807) is 12.4 Å². The summed E-state index contributed by atoms with van der Waals surface area (Å²) in [7, 11) is 0. The van der Waals surface area contributed by atoms with Gasteiger partial charge in [0.15, 0.2) is 6.23 Å². The van der Waals surface area contributed by atoms with E-state index in [4.69, 9.17) is 10.5 Å². The van der Waals surface area contributed by atoms with Crippen molar-refractivity contribution >= 4 is 28.3 Å². The van der Waals surface area contributed by atoms with Crippen LogP contribution < -0.4 is 5.73 Å². The fourth-order valence-electron chi connectivity index (χ4n) is 2.62. The molecule has 0 aliphatic carbocycles. The van der Waals surface area contributed by atoms with E-state index in [-0.39, 0.29) is 6.23 Å². The SMILES string of the molecule is Nc1nc(-c2cnns2)cc2c1cnn2C1CCCCO1. The first kappa shape index (κ1) is 12.7. The molecule has 108 valence electrons. The van der Waals surface area contributed by atoms with Crippen LogP contribution in [0.15, 0.2) is 18.5 Å². The van der Waals surface area contributed by atoms with Gasteiger partial charge in [0, 0.05) is 6.61 Å². The summed E-state index contributed by atoms with van der Waals surface area (Å²) in [5, 5.41) is 9.15. The van der Waals surface area contributed by atoms with Crippen LogP contribution in [0.3, 0.4) is 0 Å². The summed E-state index contributed by atoms with van der Waals surface area (Å²) in [6.07, 6.45) is 6.65. The highest BCUT2D eigenvalue weighted by molar-refractivity contribution is 7.09. The molecule has 0 aromatic carbocycles. The van der Waals surface area contributed by atoms with Crippen LogP contribution in [-0.2, 0) is 4.74 Å². The number of nitrogen functional groups attached to an aromatic ring is 1. The van der Waals surface area contributed by atoms with Gasteiger partial charge >= 0.3 is 0 Å². The highest BCUT2D eigenvalue weighted by Gasteiger charge is 2.20. The standard InChI is InChI=1S/C13H14N6OS/c14-13-8-6-16-19(12-3-1-2-4-20-12)10(8)5-9(17-13)11-7-15-18-21-11/h5-7,12H,1-4H2,(H2,14,17). The molecule has 2 N–H and O–H groups in total. The molecule has 8 heteroatoms. The van der Waals surface area contributed by atoms with E-state index < -0.39 is 0 Å². The van der Waals surface area contributed by atoms with Crippen LogP contribution in [0.25, 0.3) is 21.5 Å². The highest BCUT2D eigenvalue weighted by Crippen LogP contribution is 2.31. The molecule has 21 heavy (non-hydrogen) atoms. The monoisotopic (exact) mass is 302 g/mol. The van der Waals surface area contributed by atoms with E-state index in [1.807, 2.05) is 10.7 Å². The molecule has 1 atom stereocenters. The maximum absolute atomic E-state index is 6.06. The summed E-state index contributed by atoms with van der Waals surface area (Å²) in [5.41, 5.74) is 7.78. The van der Waals surface area contributed by atoms with Gasteiger partial charge in [-0.3, -0.25) is 0 Å². The van der Waals surface area contributed by atoms with Crippen LogP contribution in [0, 0.1) is 0 Å². The van der Waals surface area contributed by atoms with Crippen molar-refractivity contribution in [3.05, 3.63) is 18.5 Å². The number of hydrogen-bond donors (Lipinski definition) is 1. The van der Waals surface area contributed by atoms with E-state index in [2.05, 4.69) is 19.7 Å². The smallest absolute Gasteiger partial charge is 0.150 e. The van der Waals surface area contributed by atoms with Crippen LogP contribution in [0.1, 0.15) is 25.5 Å². The zero-order valence-electron chi connectivity index (χ0n) is 11.3. The van der Waals surface area contributed by atoms with E-state index in [1.165, 1.54) is 11.5 Å². The molecule has 0 amide bonds. The Morgan fingerprint density at radius 3 is 3.05 bits per heavy atom. The Morgan fingerprint density at radius 1 is 1.33 bits per heavy atom. The number of anilines is 1. The molecule has 1 aliphatic heterocycles.